The molecule has 0 spiro atoms. The SMILES string of the molecule is CCN(C)C(C(=O)N1C[C@H](O)C[C@@H]1c1nc(C)no1)c1ccccc1. The lowest BCUT2D eigenvalue weighted by Crippen LogP contribution is -2.42. The topological polar surface area (TPSA) is 82.7 Å². The van der Waals surface area contributed by atoms with Crippen molar-refractivity contribution in [2.24, 2.45) is 0 Å². The first-order valence-corrected chi connectivity index (χ1v) is 8.55. The van der Waals surface area contributed by atoms with Crippen molar-refractivity contribution >= 4 is 5.91 Å². The molecule has 3 rings (SSSR count). The smallest absolute Gasteiger partial charge is 0.249 e. The van der Waals surface area contributed by atoms with E-state index in [1.165, 1.54) is 0 Å². The van der Waals surface area contributed by atoms with E-state index in [4.69, 9.17) is 4.52 Å². The van der Waals surface area contributed by atoms with Crippen molar-refractivity contribution in [2.45, 2.75) is 38.5 Å². The fourth-order valence-corrected chi connectivity index (χ4v) is 3.30. The van der Waals surface area contributed by atoms with Gasteiger partial charge in [0, 0.05) is 13.0 Å². The molecule has 1 aliphatic rings. The maximum atomic E-state index is 13.4. The fourth-order valence-electron chi connectivity index (χ4n) is 3.30. The average molecular weight is 344 g/mol. The number of likely N-dealkylation sites (tertiary alicyclic amines) is 1. The molecule has 0 aliphatic carbocycles. The van der Waals surface area contributed by atoms with Crippen molar-refractivity contribution in [3.63, 3.8) is 0 Å². The third-order valence-electron chi connectivity index (χ3n) is 4.68. The lowest BCUT2D eigenvalue weighted by molar-refractivity contribution is -0.138. The van der Waals surface area contributed by atoms with Crippen LogP contribution in [-0.2, 0) is 4.79 Å². The van der Waals surface area contributed by atoms with Crippen molar-refractivity contribution in [1.29, 1.82) is 0 Å². The van der Waals surface area contributed by atoms with Crippen LogP contribution in [0.15, 0.2) is 34.9 Å². The molecule has 1 N–H and O–H groups in total. The van der Waals surface area contributed by atoms with Gasteiger partial charge in [-0.15, -0.1) is 0 Å². The second-order valence-corrected chi connectivity index (χ2v) is 6.46. The highest BCUT2D eigenvalue weighted by Gasteiger charge is 2.42. The van der Waals surface area contributed by atoms with E-state index in [0.29, 0.717) is 18.1 Å². The molecule has 1 unspecified atom stereocenters. The van der Waals surface area contributed by atoms with Gasteiger partial charge in [-0.05, 0) is 26.1 Å². The Kier molecular flexibility index (Phi) is 5.15. The molecule has 1 saturated heterocycles. The van der Waals surface area contributed by atoms with Crippen LogP contribution >= 0.6 is 0 Å². The standard InChI is InChI=1S/C18H24N4O3/c1-4-21(3)16(13-8-6-5-7-9-13)18(24)22-11-14(23)10-15(22)17-19-12(2)20-25-17/h5-9,14-16,23H,4,10-11H2,1-3H3/t14-,15-,16?/m1/s1. The van der Waals surface area contributed by atoms with Crippen LogP contribution in [-0.4, -0.2) is 57.2 Å². The minimum absolute atomic E-state index is 0.0621. The largest absolute Gasteiger partial charge is 0.391 e. The van der Waals surface area contributed by atoms with Gasteiger partial charge in [0.25, 0.3) is 0 Å². The summed E-state index contributed by atoms with van der Waals surface area (Å²) in [7, 11) is 1.92. The van der Waals surface area contributed by atoms with Gasteiger partial charge >= 0.3 is 0 Å². The third-order valence-corrected chi connectivity index (χ3v) is 4.68. The van der Waals surface area contributed by atoms with E-state index in [1.807, 2.05) is 49.2 Å². The van der Waals surface area contributed by atoms with E-state index < -0.39 is 12.1 Å². The van der Waals surface area contributed by atoms with Crippen LogP contribution in [0.5, 0.6) is 0 Å². The average Bonchev–Trinajstić information content (AvgIpc) is 3.21. The normalized spacial score (nSPS) is 21.7. The van der Waals surface area contributed by atoms with Crippen molar-refractivity contribution in [2.75, 3.05) is 20.1 Å². The number of nitrogens with zero attached hydrogens (tertiary/aromatic N) is 4. The number of aliphatic hydroxyl groups excluding tert-OH is 1. The molecule has 2 aromatic rings. The summed E-state index contributed by atoms with van der Waals surface area (Å²) in [6.45, 7) is 4.75. The van der Waals surface area contributed by atoms with Gasteiger partial charge in [0.2, 0.25) is 11.8 Å². The molecule has 0 bridgehead atoms. The van der Waals surface area contributed by atoms with Gasteiger partial charge in [0.1, 0.15) is 12.1 Å². The van der Waals surface area contributed by atoms with E-state index in [1.54, 1.807) is 11.8 Å². The van der Waals surface area contributed by atoms with E-state index >= 15 is 0 Å². The number of carbonyl (C=O) groups excluding carboxylic acids is 1. The first-order chi connectivity index (χ1) is 12.0. The molecule has 1 aliphatic heterocycles. The number of benzene rings is 1. The summed E-state index contributed by atoms with van der Waals surface area (Å²) < 4.78 is 5.27. The summed E-state index contributed by atoms with van der Waals surface area (Å²) in [4.78, 5) is 21.3. The predicted octanol–water partition coefficient (Wildman–Crippen LogP) is 1.71. The number of likely N-dealkylation sites (N-methyl/N-ethyl adjacent to an activating group) is 1. The number of carbonyl (C=O) groups is 1. The molecule has 1 fully saturated rings. The molecule has 0 saturated carbocycles. The number of amides is 1. The molecule has 1 amide bonds. The Labute approximate surface area is 147 Å². The highest BCUT2D eigenvalue weighted by atomic mass is 16.5. The first kappa shape index (κ1) is 17.6. The van der Waals surface area contributed by atoms with Gasteiger partial charge in [0.05, 0.1) is 6.10 Å². The lowest BCUT2D eigenvalue weighted by Gasteiger charge is -2.32. The number of aliphatic hydroxyl groups is 1. The fraction of sp³-hybridized carbons (Fsp3) is 0.500. The van der Waals surface area contributed by atoms with Crippen molar-refractivity contribution in [1.82, 2.24) is 19.9 Å². The van der Waals surface area contributed by atoms with Gasteiger partial charge < -0.3 is 14.5 Å². The van der Waals surface area contributed by atoms with Crippen LogP contribution in [0.3, 0.4) is 0 Å². The van der Waals surface area contributed by atoms with E-state index in [0.717, 1.165) is 12.1 Å². The van der Waals surface area contributed by atoms with Crippen molar-refractivity contribution in [3.8, 4) is 0 Å². The molecule has 1 aromatic carbocycles. The first-order valence-electron chi connectivity index (χ1n) is 8.55. The molecule has 7 heteroatoms. The number of β-amino-alcohol motifs (C(OH)–C–C–N with tert-alkyl or cyclic N) is 1. The van der Waals surface area contributed by atoms with Crippen molar-refractivity contribution < 1.29 is 14.4 Å². The maximum absolute atomic E-state index is 13.4. The van der Waals surface area contributed by atoms with Crippen LogP contribution in [0, 0.1) is 6.92 Å². The third kappa shape index (κ3) is 3.57. The van der Waals surface area contributed by atoms with Crippen LogP contribution in [0.25, 0.3) is 0 Å². The summed E-state index contributed by atoms with van der Waals surface area (Å²) >= 11 is 0. The highest BCUT2D eigenvalue weighted by molar-refractivity contribution is 5.84. The summed E-state index contributed by atoms with van der Waals surface area (Å²) in [6.07, 6.45) is -0.186. The molecule has 1 aromatic heterocycles. The Hall–Kier alpha value is -2.25. The number of rotatable bonds is 5. The second-order valence-electron chi connectivity index (χ2n) is 6.46. The number of aromatic nitrogens is 2. The highest BCUT2D eigenvalue weighted by Crippen LogP contribution is 2.34. The molecule has 2 heterocycles. The lowest BCUT2D eigenvalue weighted by atomic mass is 10.0. The van der Waals surface area contributed by atoms with Gasteiger partial charge in [-0.2, -0.15) is 4.98 Å². The monoisotopic (exact) mass is 344 g/mol. The zero-order chi connectivity index (χ0) is 18.0. The zero-order valence-corrected chi connectivity index (χ0v) is 14.8. The Morgan fingerprint density at radius 1 is 1.44 bits per heavy atom. The Balaban J connectivity index is 1.92. The second kappa shape index (κ2) is 7.33. The number of aryl methyl sites for hydroxylation is 1. The van der Waals surface area contributed by atoms with E-state index in [9.17, 15) is 9.90 Å². The van der Waals surface area contributed by atoms with Gasteiger partial charge in [0.15, 0.2) is 5.82 Å². The molecular weight excluding hydrogens is 320 g/mol. The Morgan fingerprint density at radius 3 is 2.76 bits per heavy atom. The molecule has 25 heavy (non-hydrogen) atoms. The van der Waals surface area contributed by atoms with Crippen molar-refractivity contribution in [3.05, 3.63) is 47.6 Å². The summed E-state index contributed by atoms with van der Waals surface area (Å²) in [5.74, 6) is 0.843. The van der Waals surface area contributed by atoms with Crippen LogP contribution in [0.2, 0.25) is 0 Å². The zero-order valence-electron chi connectivity index (χ0n) is 14.8. The van der Waals surface area contributed by atoms with Crippen LogP contribution in [0.4, 0.5) is 0 Å². The summed E-state index contributed by atoms with van der Waals surface area (Å²) in [6, 6.07) is 8.89. The Bertz CT molecular complexity index is 718. The molecule has 3 atom stereocenters. The number of hydrogen-bond donors (Lipinski definition) is 1. The molecular formula is C18H24N4O3. The minimum Gasteiger partial charge on any atom is -0.391 e. The van der Waals surface area contributed by atoms with Crippen LogP contribution < -0.4 is 0 Å². The van der Waals surface area contributed by atoms with Gasteiger partial charge in [-0.25, -0.2) is 0 Å². The van der Waals surface area contributed by atoms with Gasteiger partial charge in [-0.3, -0.25) is 9.69 Å². The maximum Gasteiger partial charge on any atom is 0.249 e. The van der Waals surface area contributed by atoms with Crippen LogP contribution in [0.1, 0.15) is 42.7 Å². The number of hydrogen-bond acceptors (Lipinski definition) is 6. The summed E-state index contributed by atoms with van der Waals surface area (Å²) in [5, 5.41) is 14.0. The predicted molar refractivity (Wildman–Crippen MR) is 91.6 cm³/mol. The summed E-state index contributed by atoms with van der Waals surface area (Å²) in [5.41, 5.74) is 0.929. The Morgan fingerprint density at radius 2 is 2.16 bits per heavy atom. The van der Waals surface area contributed by atoms with Gasteiger partial charge in [-0.1, -0.05) is 42.4 Å². The molecule has 7 nitrogen and oxygen atoms in total. The van der Waals surface area contributed by atoms with E-state index in [2.05, 4.69) is 10.1 Å². The molecule has 0 radical (unpaired) electrons. The van der Waals surface area contributed by atoms with E-state index in [-0.39, 0.29) is 18.5 Å². The molecule has 134 valence electrons. The quantitative estimate of drug-likeness (QED) is 0.889. The minimum atomic E-state index is -0.593.